The fourth-order valence-electron chi connectivity index (χ4n) is 2.03. The van der Waals surface area contributed by atoms with Crippen molar-refractivity contribution in [3.63, 3.8) is 0 Å². The first-order valence-corrected chi connectivity index (χ1v) is 6.80. The number of rotatable bonds is 3. The number of nitrogens with one attached hydrogen (secondary N) is 2. The maximum absolute atomic E-state index is 4.03. The molecule has 1 aromatic carbocycles. The Hall–Kier alpha value is -1.81. The molecule has 0 fully saturated rings. The molecule has 18 heavy (non-hydrogen) atoms. The van der Waals surface area contributed by atoms with Crippen LogP contribution in [0.1, 0.15) is 22.7 Å². The van der Waals surface area contributed by atoms with Crippen molar-refractivity contribution < 1.29 is 0 Å². The molecule has 3 nitrogen and oxygen atoms in total. The van der Waals surface area contributed by atoms with Crippen LogP contribution in [0.2, 0.25) is 0 Å². The van der Waals surface area contributed by atoms with Crippen molar-refractivity contribution in [1.82, 2.24) is 10.2 Å². The Morgan fingerprint density at radius 1 is 1.28 bits per heavy atom. The lowest BCUT2D eigenvalue weighted by Gasteiger charge is -2.13. The minimum Gasteiger partial charge on any atom is -0.378 e. The van der Waals surface area contributed by atoms with Gasteiger partial charge in [-0.05, 0) is 44.2 Å². The van der Waals surface area contributed by atoms with Crippen LogP contribution in [-0.2, 0) is 0 Å². The third-order valence-corrected chi connectivity index (χ3v) is 4.20. The summed E-state index contributed by atoms with van der Waals surface area (Å²) in [6.07, 6.45) is 1.84. The highest BCUT2D eigenvalue weighted by atomic mass is 32.1. The van der Waals surface area contributed by atoms with Crippen molar-refractivity contribution in [3.8, 4) is 0 Å². The van der Waals surface area contributed by atoms with Crippen LogP contribution in [0.25, 0.3) is 10.9 Å². The summed E-state index contributed by atoms with van der Waals surface area (Å²) in [5.74, 6) is 0. The van der Waals surface area contributed by atoms with Gasteiger partial charge in [0, 0.05) is 20.8 Å². The van der Waals surface area contributed by atoms with Gasteiger partial charge in [-0.15, -0.1) is 11.3 Å². The van der Waals surface area contributed by atoms with E-state index in [1.165, 1.54) is 9.75 Å². The SMILES string of the molecule is Cc1ccc(C(C)Nc2ccc3cn[nH]c3c2)s1. The minimum atomic E-state index is 0.323. The number of hydrogen-bond acceptors (Lipinski definition) is 3. The number of aromatic amines is 1. The topological polar surface area (TPSA) is 40.7 Å². The number of aromatic nitrogens is 2. The van der Waals surface area contributed by atoms with Gasteiger partial charge in [0.25, 0.3) is 0 Å². The minimum absolute atomic E-state index is 0.323. The molecule has 1 atom stereocenters. The number of benzene rings is 1. The van der Waals surface area contributed by atoms with Gasteiger partial charge in [0.1, 0.15) is 0 Å². The zero-order valence-electron chi connectivity index (χ0n) is 10.4. The van der Waals surface area contributed by atoms with Crippen LogP contribution in [-0.4, -0.2) is 10.2 Å². The summed E-state index contributed by atoms with van der Waals surface area (Å²) in [6, 6.07) is 10.9. The molecule has 3 aromatic rings. The number of hydrogen-bond donors (Lipinski definition) is 2. The predicted octanol–water partition coefficient (Wildman–Crippen LogP) is 4.11. The Labute approximate surface area is 110 Å². The number of nitrogens with zero attached hydrogens (tertiary/aromatic N) is 1. The molecule has 92 valence electrons. The van der Waals surface area contributed by atoms with Gasteiger partial charge in [0.05, 0.1) is 17.8 Å². The van der Waals surface area contributed by atoms with Crippen molar-refractivity contribution in [2.24, 2.45) is 0 Å². The van der Waals surface area contributed by atoms with E-state index in [4.69, 9.17) is 0 Å². The molecule has 0 aliphatic rings. The van der Waals surface area contributed by atoms with Gasteiger partial charge < -0.3 is 5.32 Å². The third kappa shape index (κ3) is 2.11. The molecule has 0 radical (unpaired) electrons. The molecular weight excluding hydrogens is 242 g/mol. The van der Waals surface area contributed by atoms with E-state index in [0.29, 0.717) is 6.04 Å². The van der Waals surface area contributed by atoms with Crippen molar-refractivity contribution in [2.45, 2.75) is 19.9 Å². The van der Waals surface area contributed by atoms with Crippen LogP contribution in [0.4, 0.5) is 5.69 Å². The highest BCUT2D eigenvalue weighted by Gasteiger charge is 2.08. The zero-order chi connectivity index (χ0) is 12.5. The molecule has 4 heteroatoms. The maximum Gasteiger partial charge on any atom is 0.0670 e. The van der Waals surface area contributed by atoms with Gasteiger partial charge in [0.2, 0.25) is 0 Å². The van der Waals surface area contributed by atoms with E-state index in [-0.39, 0.29) is 0 Å². The molecule has 3 rings (SSSR count). The molecule has 0 amide bonds. The lowest BCUT2D eigenvalue weighted by molar-refractivity contribution is 0.908. The summed E-state index contributed by atoms with van der Waals surface area (Å²) in [4.78, 5) is 2.71. The van der Waals surface area contributed by atoms with Gasteiger partial charge in [0.15, 0.2) is 0 Å². The van der Waals surface area contributed by atoms with Crippen molar-refractivity contribution in [1.29, 1.82) is 0 Å². The summed E-state index contributed by atoms with van der Waals surface area (Å²) >= 11 is 1.84. The smallest absolute Gasteiger partial charge is 0.0670 e. The lowest BCUT2D eigenvalue weighted by atomic mass is 10.2. The summed E-state index contributed by atoms with van der Waals surface area (Å²) in [7, 11) is 0. The van der Waals surface area contributed by atoms with Crippen molar-refractivity contribution in [2.75, 3.05) is 5.32 Å². The first-order chi connectivity index (χ1) is 8.72. The van der Waals surface area contributed by atoms with E-state index in [1.807, 2.05) is 17.5 Å². The van der Waals surface area contributed by atoms with Crippen LogP contribution < -0.4 is 5.32 Å². The Kier molecular flexibility index (Phi) is 2.80. The molecule has 0 bridgehead atoms. The second-order valence-electron chi connectivity index (χ2n) is 4.49. The maximum atomic E-state index is 4.03. The fourth-order valence-corrected chi connectivity index (χ4v) is 2.91. The summed E-state index contributed by atoms with van der Waals surface area (Å²) in [6.45, 7) is 4.32. The standard InChI is InChI=1S/C14H15N3S/c1-9-3-6-14(18-9)10(2)16-12-5-4-11-8-15-17-13(11)7-12/h3-8,10,16H,1-2H3,(H,15,17). The lowest BCUT2D eigenvalue weighted by Crippen LogP contribution is -2.04. The van der Waals surface area contributed by atoms with E-state index >= 15 is 0 Å². The summed E-state index contributed by atoms with van der Waals surface area (Å²) in [5, 5.41) is 11.7. The van der Waals surface area contributed by atoms with E-state index < -0.39 is 0 Å². The highest BCUT2D eigenvalue weighted by molar-refractivity contribution is 7.12. The van der Waals surface area contributed by atoms with Gasteiger partial charge in [-0.25, -0.2) is 0 Å². The average molecular weight is 257 g/mol. The van der Waals surface area contributed by atoms with E-state index in [2.05, 4.69) is 59.7 Å². The number of aryl methyl sites for hydroxylation is 1. The van der Waals surface area contributed by atoms with Crippen molar-refractivity contribution in [3.05, 3.63) is 46.3 Å². The van der Waals surface area contributed by atoms with Gasteiger partial charge >= 0.3 is 0 Å². The molecule has 0 saturated carbocycles. The molecule has 0 aliphatic heterocycles. The zero-order valence-corrected chi connectivity index (χ0v) is 11.2. The van der Waals surface area contributed by atoms with E-state index in [9.17, 15) is 0 Å². The number of fused-ring (bicyclic) bond motifs is 1. The average Bonchev–Trinajstić information content (AvgIpc) is 2.96. The van der Waals surface area contributed by atoms with Crippen LogP contribution in [0.3, 0.4) is 0 Å². The van der Waals surface area contributed by atoms with E-state index in [1.54, 1.807) is 0 Å². The summed E-state index contributed by atoms with van der Waals surface area (Å²) in [5.41, 5.74) is 2.18. The quantitative estimate of drug-likeness (QED) is 0.741. The van der Waals surface area contributed by atoms with Gasteiger partial charge in [-0.2, -0.15) is 5.10 Å². The Bertz CT molecular complexity index is 668. The first kappa shape index (κ1) is 11.3. The Morgan fingerprint density at radius 2 is 2.17 bits per heavy atom. The molecule has 0 saturated heterocycles. The fraction of sp³-hybridized carbons (Fsp3) is 0.214. The second kappa shape index (κ2) is 4.46. The second-order valence-corrected chi connectivity index (χ2v) is 5.81. The monoisotopic (exact) mass is 257 g/mol. The number of anilines is 1. The van der Waals surface area contributed by atoms with Crippen LogP contribution in [0.15, 0.2) is 36.5 Å². The molecule has 2 N–H and O–H groups in total. The molecule has 0 spiro atoms. The van der Waals surface area contributed by atoms with Crippen molar-refractivity contribution >= 4 is 27.9 Å². The molecular formula is C14H15N3S. The van der Waals surface area contributed by atoms with Gasteiger partial charge in [-0.3, -0.25) is 5.10 Å². The Balaban J connectivity index is 1.83. The van der Waals surface area contributed by atoms with E-state index in [0.717, 1.165) is 16.6 Å². The Morgan fingerprint density at radius 3 is 2.94 bits per heavy atom. The number of thiophene rings is 1. The molecule has 2 aromatic heterocycles. The highest BCUT2D eigenvalue weighted by Crippen LogP contribution is 2.26. The van der Waals surface area contributed by atoms with Gasteiger partial charge in [-0.1, -0.05) is 0 Å². The first-order valence-electron chi connectivity index (χ1n) is 5.98. The van der Waals surface area contributed by atoms with Crippen LogP contribution in [0, 0.1) is 6.92 Å². The normalized spacial score (nSPS) is 12.8. The molecule has 1 unspecified atom stereocenters. The van der Waals surface area contributed by atoms with Crippen LogP contribution >= 0.6 is 11.3 Å². The largest absolute Gasteiger partial charge is 0.378 e. The third-order valence-electron chi connectivity index (χ3n) is 3.01. The number of H-pyrrole nitrogens is 1. The summed E-state index contributed by atoms with van der Waals surface area (Å²) < 4.78 is 0. The molecule has 2 heterocycles. The van der Waals surface area contributed by atoms with Crippen LogP contribution in [0.5, 0.6) is 0 Å². The molecule has 0 aliphatic carbocycles. The predicted molar refractivity (Wildman–Crippen MR) is 77.2 cm³/mol.